The Labute approximate surface area is 120 Å². The highest BCUT2D eigenvalue weighted by Crippen LogP contribution is 2.22. The van der Waals surface area contributed by atoms with E-state index in [4.69, 9.17) is 4.74 Å². The first kappa shape index (κ1) is 14.8. The van der Waals surface area contributed by atoms with Gasteiger partial charge in [0.05, 0.1) is 0 Å². The van der Waals surface area contributed by atoms with Gasteiger partial charge in [0.25, 0.3) is 0 Å². The number of nitrogens with zero attached hydrogens (tertiary/aromatic N) is 1. The minimum atomic E-state index is -0.504. The minimum Gasteiger partial charge on any atom is -0.444 e. The van der Waals surface area contributed by atoms with Gasteiger partial charge in [0, 0.05) is 12.2 Å². The van der Waals surface area contributed by atoms with Gasteiger partial charge >= 0.3 is 6.09 Å². The van der Waals surface area contributed by atoms with E-state index in [1.54, 1.807) is 0 Å². The summed E-state index contributed by atoms with van der Waals surface area (Å²) in [4.78, 5) is 15.9. The monoisotopic (exact) mass is 277 g/mol. The first-order valence-electron chi connectivity index (χ1n) is 7.13. The molecule has 5 nitrogen and oxygen atoms in total. The Morgan fingerprint density at radius 2 is 2.20 bits per heavy atom. The Morgan fingerprint density at radius 1 is 1.40 bits per heavy atom. The fraction of sp³-hybridized carbons (Fsp3) is 0.600. The highest BCUT2D eigenvalue weighted by Gasteiger charge is 2.17. The van der Waals surface area contributed by atoms with Crippen molar-refractivity contribution in [3.05, 3.63) is 23.9 Å². The van der Waals surface area contributed by atoms with Gasteiger partial charge in [0.1, 0.15) is 11.4 Å². The molecule has 2 heterocycles. The Hall–Kier alpha value is -1.62. The molecule has 20 heavy (non-hydrogen) atoms. The number of hydrogen-bond donors (Lipinski definition) is 2. The summed E-state index contributed by atoms with van der Waals surface area (Å²) in [7, 11) is 0. The van der Waals surface area contributed by atoms with Crippen LogP contribution < -0.4 is 10.6 Å². The number of hydrogen-bond acceptors (Lipinski definition) is 4. The van der Waals surface area contributed by atoms with E-state index in [0.29, 0.717) is 11.9 Å². The molecule has 0 saturated carbocycles. The number of carbonyl (C=O) groups excluding carboxylic acids is 1. The molecule has 2 rings (SSSR count). The molecular formula is C15H23N3O2. The van der Waals surface area contributed by atoms with Crippen molar-refractivity contribution in [2.45, 2.75) is 51.7 Å². The summed E-state index contributed by atoms with van der Waals surface area (Å²) >= 11 is 0. The van der Waals surface area contributed by atoms with Gasteiger partial charge in [-0.2, -0.15) is 0 Å². The molecule has 0 aromatic carbocycles. The lowest BCUT2D eigenvalue weighted by Crippen LogP contribution is -2.28. The molecule has 0 unspecified atom stereocenters. The molecule has 0 bridgehead atoms. The number of rotatable bonds is 2. The maximum absolute atomic E-state index is 11.6. The number of piperidine rings is 1. The van der Waals surface area contributed by atoms with Crippen molar-refractivity contribution in [1.29, 1.82) is 0 Å². The van der Waals surface area contributed by atoms with Crippen LogP contribution in [0.2, 0.25) is 0 Å². The molecule has 1 aromatic rings. The summed E-state index contributed by atoms with van der Waals surface area (Å²) in [5.74, 6) is 0.513. The first-order chi connectivity index (χ1) is 9.44. The third kappa shape index (κ3) is 4.49. The molecule has 5 heteroatoms. The highest BCUT2D eigenvalue weighted by molar-refractivity contribution is 5.83. The summed E-state index contributed by atoms with van der Waals surface area (Å²) < 4.78 is 5.19. The molecule has 110 valence electrons. The van der Waals surface area contributed by atoms with E-state index in [2.05, 4.69) is 15.6 Å². The van der Waals surface area contributed by atoms with Crippen molar-refractivity contribution in [3.8, 4) is 0 Å². The third-order valence-corrected chi connectivity index (χ3v) is 3.13. The van der Waals surface area contributed by atoms with Crippen LogP contribution >= 0.6 is 0 Å². The van der Waals surface area contributed by atoms with Crippen LogP contribution in [0.15, 0.2) is 18.3 Å². The van der Waals surface area contributed by atoms with Gasteiger partial charge in [-0.05, 0) is 51.8 Å². The van der Waals surface area contributed by atoms with Crippen molar-refractivity contribution in [3.63, 3.8) is 0 Å². The number of aromatic nitrogens is 1. The standard InChI is InChI=1S/C15H23N3O2/c1-15(2,3)20-14(19)18-13-8-7-11(10-17-13)12-6-4-5-9-16-12/h7-8,10,12,16H,4-6,9H2,1-3H3,(H,17,18,19)/t12-/m1/s1. The average molecular weight is 277 g/mol. The molecule has 1 amide bonds. The molecular weight excluding hydrogens is 254 g/mol. The normalized spacial score (nSPS) is 19.4. The molecule has 1 fully saturated rings. The Balaban J connectivity index is 1.92. The number of pyridine rings is 1. The Bertz CT molecular complexity index is 445. The van der Waals surface area contributed by atoms with Crippen molar-refractivity contribution in [2.75, 3.05) is 11.9 Å². The molecule has 0 spiro atoms. The van der Waals surface area contributed by atoms with Crippen molar-refractivity contribution in [1.82, 2.24) is 10.3 Å². The lowest BCUT2D eigenvalue weighted by atomic mass is 9.99. The van der Waals surface area contributed by atoms with E-state index in [0.717, 1.165) is 13.0 Å². The van der Waals surface area contributed by atoms with Crippen molar-refractivity contribution >= 4 is 11.9 Å². The second-order valence-corrected chi connectivity index (χ2v) is 6.11. The lowest BCUT2D eigenvalue weighted by Gasteiger charge is -2.23. The van der Waals surface area contributed by atoms with Crippen LogP contribution in [0.4, 0.5) is 10.6 Å². The Kier molecular flexibility index (Phi) is 4.60. The van der Waals surface area contributed by atoms with E-state index in [9.17, 15) is 4.79 Å². The summed E-state index contributed by atoms with van der Waals surface area (Å²) in [6, 6.07) is 4.20. The summed E-state index contributed by atoms with van der Waals surface area (Å²) in [6.07, 6.45) is 4.96. The van der Waals surface area contributed by atoms with E-state index in [1.807, 2.05) is 39.1 Å². The van der Waals surface area contributed by atoms with Crippen molar-refractivity contribution < 1.29 is 9.53 Å². The lowest BCUT2D eigenvalue weighted by molar-refractivity contribution is 0.0635. The maximum atomic E-state index is 11.6. The smallest absolute Gasteiger partial charge is 0.413 e. The highest BCUT2D eigenvalue weighted by atomic mass is 16.6. The van der Waals surface area contributed by atoms with Gasteiger partial charge in [-0.15, -0.1) is 0 Å². The fourth-order valence-electron chi connectivity index (χ4n) is 2.23. The molecule has 1 saturated heterocycles. The van der Waals surface area contributed by atoms with Crippen LogP contribution in [-0.4, -0.2) is 23.2 Å². The molecule has 1 aliphatic heterocycles. The molecule has 1 aromatic heterocycles. The fourth-order valence-corrected chi connectivity index (χ4v) is 2.23. The molecule has 0 aliphatic carbocycles. The predicted octanol–water partition coefficient (Wildman–Crippen LogP) is 3.24. The number of nitrogens with one attached hydrogen (secondary N) is 2. The molecule has 0 radical (unpaired) electrons. The summed E-state index contributed by atoms with van der Waals surface area (Å²) in [5.41, 5.74) is 0.662. The van der Waals surface area contributed by atoms with Crippen LogP contribution in [0.5, 0.6) is 0 Å². The molecule has 1 atom stereocenters. The summed E-state index contributed by atoms with van der Waals surface area (Å²) in [6.45, 7) is 6.55. The first-order valence-corrected chi connectivity index (χ1v) is 7.13. The van der Waals surface area contributed by atoms with Gasteiger partial charge in [-0.1, -0.05) is 12.5 Å². The van der Waals surface area contributed by atoms with Gasteiger partial charge in [-0.3, -0.25) is 5.32 Å². The Morgan fingerprint density at radius 3 is 2.75 bits per heavy atom. The average Bonchev–Trinajstić information content (AvgIpc) is 2.38. The zero-order valence-electron chi connectivity index (χ0n) is 12.4. The second kappa shape index (κ2) is 6.22. The van der Waals surface area contributed by atoms with Crippen LogP contribution in [0, 0.1) is 0 Å². The van der Waals surface area contributed by atoms with Crippen LogP contribution in [-0.2, 0) is 4.74 Å². The van der Waals surface area contributed by atoms with Crippen molar-refractivity contribution in [2.24, 2.45) is 0 Å². The number of amides is 1. The molecule has 1 aliphatic rings. The predicted molar refractivity (Wildman–Crippen MR) is 78.7 cm³/mol. The number of carbonyl (C=O) groups is 1. The quantitative estimate of drug-likeness (QED) is 0.871. The molecule has 2 N–H and O–H groups in total. The van der Waals surface area contributed by atoms with Crippen LogP contribution in [0.1, 0.15) is 51.6 Å². The zero-order chi connectivity index (χ0) is 14.6. The van der Waals surface area contributed by atoms with Gasteiger partial charge in [0.15, 0.2) is 0 Å². The number of anilines is 1. The maximum Gasteiger partial charge on any atom is 0.413 e. The van der Waals surface area contributed by atoms with Gasteiger partial charge < -0.3 is 10.1 Å². The third-order valence-electron chi connectivity index (χ3n) is 3.13. The summed E-state index contributed by atoms with van der Waals surface area (Å²) in [5, 5.41) is 6.11. The largest absolute Gasteiger partial charge is 0.444 e. The topological polar surface area (TPSA) is 63.2 Å². The van der Waals surface area contributed by atoms with E-state index < -0.39 is 11.7 Å². The van der Waals surface area contributed by atoms with E-state index in [1.165, 1.54) is 18.4 Å². The zero-order valence-corrected chi connectivity index (χ0v) is 12.4. The van der Waals surface area contributed by atoms with E-state index in [-0.39, 0.29) is 0 Å². The number of ether oxygens (including phenoxy) is 1. The van der Waals surface area contributed by atoms with Gasteiger partial charge in [0.2, 0.25) is 0 Å². The van der Waals surface area contributed by atoms with Crippen LogP contribution in [0.25, 0.3) is 0 Å². The van der Waals surface area contributed by atoms with Crippen LogP contribution in [0.3, 0.4) is 0 Å². The van der Waals surface area contributed by atoms with E-state index >= 15 is 0 Å². The van der Waals surface area contributed by atoms with Gasteiger partial charge in [-0.25, -0.2) is 9.78 Å². The SMILES string of the molecule is CC(C)(C)OC(=O)Nc1ccc([C@H]2CCCCN2)cn1. The second-order valence-electron chi connectivity index (χ2n) is 6.11. The minimum absolute atomic E-state index is 0.381.